The van der Waals surface area contributed by atoms with E-state index in [-0.39, 0.29) is 4.88 Å². The third-order valence-electron chi connectivity index (χ3n) is 2.64. The summed E-state index contributed by atoms with van der Waals surface area (Å²) in [7, 11) is 1.48. The number of nitrogens with two attached hydrogens (primary N) is 1. The van der Waals surface area contributed by atoms with Crippen LogP contribution in [0.4, 0.5) is 5.69 Å². The summed E-state index contributed by atoms with van der Waals surface area (Å²) in [6.07, 6.45) is 0. The number of rotatable bonds is 3. The lowest BCUT2D eigenvalue weighted by atomic mass is 10.1. The van der Waals surface area contributed by atoms with E-state index < -0.39 is 5.97 Å². The topological polar surface area (TPSA) is 72.5 Å². The van der Waals surface area contributed by atoms with Gasteiger partial charge in [0.05, 0.1) is 7.11 Å². The Morgan fingerprint density at radius 1 is 1.44 bits per heavy atom. The standard InChI is InChI=1S/C13H13NO3S/c1-7-10(17-2)12(13(15)16)18-11(7)8-4-3-5-9(14)6-8/h3-6H,14H2,1-2H3,(H,15,16). The number of carboxylic acid groups (broad SMARTS) is 1. The van der Waals surface area contributed by atoms with Gasteiger partial charge >= 0.3 is 5.97 Å². The molecule has 0 saturated carbocycles. The van der Waals surface area contributed by atoms with Gasteiger partial charge in [-0.3, -0.25) is 0 Å². The normalized spacial score (nSPS) is 10.3. The smallest absolute Gasteiger partial charge is 0.349 e. The number of hydrogen-bond donors (Lipinski definition) is 2. The van der Waals surface area contributed by atoms with E-state index in [9.17, 15) is 4.79 Å². The number of aromatic carboxylic acids is 1. The Labute approximate surface area is 109 Å². The number of methoxy groups -OCH3 is 1. The summed E-state index contributed by atoms with van der Waals surface area (Å²) in [4.78, 5) is 12.2. The minimum atomic E-state index is -0.977. The number of hydrogen-bond acceptors (Lipinski definition) is 4. The zero-order valence-electron chi connectivity index (χ0n) is 10.1. The maximum atomic E-state index is 11.2. The zero-order chi connectivity index (χ0) is 13.3. The van der Waals surface area contributed by atoms with Crippen LogP contribution >= 0.6 is 11.3 Å². The van der Waals surface area contributed by atoms with Crippen LogP contribution in [-0.2, 0) is 0 Å². The summed E-state index contributed by atoms with van der Waals surface area (Å²) in [5.41, 5.74) is 8.12. The second-order valence-corrected chi connectivity index (χ2v) is 4.87. The SMILES string of the molecule is COc1c(C(=O)O)sc(-c2cccc(N)c2)c1C. The first-order chi connectivity index (χ1) is 8.54. The number of anilines is 1. The molecule has 1 aromatic heterocycles. The molecule has 0 aliphatic rings. The Hall–Kier alpha value is -2.01. The maximum Gasteiger partial charge on any atom is 0.349 e. The van der Waals surface area contributed by atoms with Gasteiger partial charge in [-0.05, 0) is 24.6 Å². The average Bonchev–Trinajstić information content (AvgIpc) is 2.66. The van der Waals surface area contributed by atoms with Gasteiger partial charge in [-0.1, -0.05) is 12.1 Å². The first kappa shape index (κ1) is 12.4. The number of nitrogen functional groups attached to an aromatic ring is 1. The Morgan fingerprint density at radius 3 is 2.67 bits per heavy atom. The van der Waals surface area contributed by atoms with Crippen molar-refractivity contribution in [3.05, 3.63) is 34.7 Å². The first-order valence-electron chi connectivity index (χ1n) is 5.31. The van der Waals surface area contributed by atoms with Gasteiger partial charge in [0.2, 0.25) is 0 Å². The van der Waals surface area contributed by atoms with Crippen molar-refractivity contribution in [3.63, 3.8) is 0 Å². The molecule has 94 valence electrons. The van der Waals surface area contributed by atoms with Crippen LogP contribution in [0, 0.1) is 6.92 Å². The number of thiophene rings is 1. The molecule has 0 atom stereocenters. The van der Waals surface area contributed by atoms with Gasteiger partial charge in [0.15, 0.2) is 4.88 Å². The molecule has 0 bridgehead atoms. The van der Waals surface area contributed by atoms with Crippen molar-refractivity contribution in [3.8, 4) is 16.2 Å². The Morgan fingerprint density at radius 2 is 2.17 bits per heavy atom. The molecule has 2 rings (SSSR count). The van der Waals surface area contributed by atoms with Crippen LogP contribution in [0.25, 0.3) is 10.4 Å². The highest BCUT2D eigenvalue weighted by Crippen LogP contribution is 2.41. The van der Waals surface area contributed by atoms with Crippen molar-refractivity contribution in [2.75, 3.05) is 12.8 Å². The summed E-state index contributed by atoms with van der Waals surface area (Å²) in [5, 5.41) is 9.14. The number of benzene rings is 1. The van der Waals surface area contributed by atoms with E-state index in [4.69, 9.17) is 15.6 Å². The van der Waals surface area contributed by atoms with Crippen molar-refractivity contribution in [1.29, 1.82) is 0 Å². The number of carboxylic acids is 1. The third-order valence-corrected chi connectivity index (χ3v) is 3.95. The van der Waals surface area contributed by atoms with Crippen LogP contribution in [0.2, 0.25) is 0 Å². The highest BCUT2D eigenvalue weighted by molar-refractivity contribution is 7.18. The van der Waals surface area contributed by atoms with Crippen molar-refractivity contribution in [1.82, 2.24) is 0 Å². The minimum absolute atomic E-state index is 0.215. The van der Waals surface area contributed by atoms with E-state index in [1.54, 1.807) is 6.07 Å². The Bertz CT molecular complexity index is 604. The summed E-state index contributed by atoms with van der Waals surface area (Å²) < 4.78 is 5.17. The second-order valence-electron chi connectivity index (χ2n) is 3.85. The largest absolute Gasteiger partial charge is 0.495 e. The van der Waals surface area contributed by atoms with Crippen LogP contribution in [-0.4, -0.2) is 18.2 Å². The Kier molecular flexibility index (Phi) is 3.25. The van der Waals surface area contributed by atoms with Gasteiger partial charge in [-0.15, -0.1) is 11.3 Å². The van der Waals surface area contributed by atoms with E-state index in [0.29, 0.717) is 11.4 Å². The fourth-order valence-electron chi connectivity index (χ4n) is 1.84. The second kappa shape index (κ2) is 4.70. The Balaban J connectivity index is 2.62. The van der Waals surface area contributed by atoms with E-state index >= 15 is 0 Å². The van der Waals surface area contributed by atoms with Crippen LogP contribution in [0.3, 0.4) is 0 Å². The summed E-state index contributed by atoms with van der Waals surface area (Å²) >= 11 is 1.20. The van der Waals surface area contributed by atoms with Crippen LogP contribution in [0.5, 0.6) is 5.75 Å². The molecule has 0 radical (unpaired) electrons. The summed E-state index contributed by atoms with van der Waals surface area (Å²) in [5.74, 6) is -0.556. The quantitative estimate of drug-likeness (QED) is 0.835. The first-order valence-corrected chi connectivity index (χ1v) is 6.12. The van der Waals surface area contributed by atoms with Gasteiger partial charge in [0.1, 0.15) is 5.75 Å². The van der Waals surface area contributed by atoms with Gasteiger partial charge < -0.3 is 15.6 Å². The molecule has 0 fully saturated rings. The molecule has 0 saturated heterocycles. The van der Waals surface area contributed by atoms with E-state index in [0.717, 1.165) is 16.0 Å². The predicted molar refractivity (Wildman–Crippen MR) is 72.4 cm³/mol. The van der Waals surface area contributed by atoms with Crippen molar-refractivity contribution < 1.29 is 14.6 Å². The molecule has 2 aromatic rings. The van der Waals surface area contributed by atoms with Gasteiger partial charge in [-0.2, -0.15) is 0 Å². The summed E-state index contributed by atoms with van der Waals surface area (Å²) in [6.45, 7) is 1.85. The molecule has 18 heavy (non-hydrogen) atoms. The van der Waals surface area contributed by atoms with E-state index in [1.807, 2.05) is 25.1 Å². The highest BCUT2D eigenvalue weighted by atomic mass is 32.1. The summed E-state index contributed by atoms with van der Waals surface area (Å²) in [6, 6.07) is 7.36. The fraction of sp³-hybridized carbons (Fsp3) is 0.154. The molecule has 3 N–H and O–H groups in total. The number of carbonyl (C=O) groups is 1. The molecule has 0 aliphatic carbocycles. The molecular weight excluding hydrogens is 250 g/mol. The molecule has 4 nitrogen and oxygen atoms in total. The molecule has 1 aromatic carbocycles. The van der Waals surface area contributed by atoms with Crippen molar-refractivity contribution in [2.45, 2.75) is 6.92 Å². The third kappa shape index (κ3) is 2.04. The maximum absolute atomic E-state index is 11.2. The van der Waals surface area contributed by atoms with Crippen LogP contribution in [0.15, 0.2) is 24.3 Å². The van der Waals surface area contributed by atoms with Crippen molar-refractivity contribution >= 4 is 23.0 Å². The van der Waals surface area contributed by atoms with Gasteiger partial charge in [0, 0.05) is 16.1 Å². The van der Waals surface area contributed by atoms with Gasteiger partial charge in [0.25, 0.3) is 0 Å². The van der Waals surface area contributed by atoms with Crippen LogP contribution in [0.1, 0.15) is 15.2 Å². The van der Waals surface area contributed by atoms with E-state index in [1.165, 1.54) is 18.4 Å². The fourth-order valence-corrected chi connectivity index (χ4v) is 2.95. The lowest BCUT2D eigenvalue weighted by Crippen LogP contribution is -1.96. The lowest BCUT2D eigenvalue weighted by molar-refractivity contribution is 0.0699. The molecule has 0 amide bonds. The molecule has 0 spiro atoms. The van der Waals surface area contributed by atoms with Crippen LogP contribution < -0.4 is 10.5 Å². The average molecular weight is 263 g/mol. The molecular formula is C13H13NO3S. The zero-order valence-corrected chi connectivity index (χ0v) is 10.9. The number of ether oxygens (including phenoxy) is 1. The van der Waals surface area contributed by atoms with Gasteiger partial charge in [-0.25, -0.2) is 4.79 Å². The molecule has 5 heteroatoms. The lowest BCUT2D eigenvalue weighted by Gasteiger charge is -2.02. The molecule has 0 aliphatic heterocycles. The predicted octanol–water partition coefficient (Wildman–Crippen LogP) is 3.01. The monoisotopic (exact) mass is 263 g/mol. The van der Waals surface area contributed by atoms with Crippen molar-refractivity contribution in [2.24, 2.45) is 0 Å². The molecule has 1 heterocycles. The molecule has 0 unspecified atom stereocenters. The minimum Gasteiger partial charge on any atom is -0.495 e. The highest BCUT2D eigenvalue weighted by Gasteiger charge is 2.21. The van der Waals surface area contributed by atoms with E-state index in [2.05, 4.69) is 0 Å².